The molecule has 0 bridgehead atoms. The summed E-state index contributed by atoms with van der Waals surface area (Å²) < 4.78 is 15.4. The van der Waals surface area contributed by atoms with Crippen LogP contribution >= 0.6 is 0 Å². The number of aliphatic hydroxyl groups excluding tert-OH is 2. The van der Waals surface area contributed by atoms with Crippen LogP contribution in [0.1, 0.15) is 51.4 Å². The van der Waals surface area contributed by atoms with Crippen LogP contribution in [-0.2, 0) is 0 Å². The number of hydrogen-bond donors (Lipinski definition) is 2. The molecule has 128 valence electrons. The van der Waals surface area contributed by atoms with Crippen molar-refractivity contribution in [3.8, 4) is 0 Å². The van der Waals surface area contributed by atoms with Crippen LogP contribution in [-0.4, -0.2) is 28.6 Å². The van der Waals surface area contributed by atoms with E-state index in [4.69, 9.17) is 0 Å². The highest BCUT2D eigenvalue weighted by atomic mass is 19.1. The summed E-state index contributed by atoms with van der Waals surface area (Å²) in [6.07, 6.45) is 8.85. The molecule has 0 aromatic rings. The fourth-order valence-electron chi connectivity index (χ4n) is 7.56. The van der Waals surface area contributed by atoms with Gasteiger partial charge in [0.25, 0.3) is 0 Å². The first-order valence-electron chi connectivity index (χ1n) is 9.87. The molecule has 0 aromatic heterocycles. The third-order valence-corrected chi connectivity index (χ3v) is 8.31. The molecule has 2 N–H and O–H groups in total. The number of hydrogen-bond acceptors (Lipinski definition) is 2. The van der Waals surface area contributed by atoms with E-state index in [1.165, 1.54) is 31.3 Å². The fourth-order valence-corrected chi connectivity index (χ4v) is 7.56. The maximum Gasteiger partial charge on any atom is 0.106 e. The smallest absolute Gasteiger partial charge is 0.106 e. The zero-order valence-electron chi connectivity index (χ0n) is 13.8. The van der Waals surface area contributed by atoms with Crippen molar-refractivity contribution in [2.75, 3.05) is 0 Å². The van der Waals surface area contributed by atoms with Crippen LogP contribution < -0.4 is 0 Å². The van der Waals surface area contributed by atoms with Gasteiger partial charge in [-0.3, -0.25) is 0 Å². The van der Waals surface area contributed by atoms with E-state index in [1.54, 1.807) is 0 Å². The van der Waals surface area contributed by atoms with Crippen LogP contribution in [0.15, 0.2) is 11.6 Å². The number of fused-ring (bicyclic) bond motifs is 2. The van der Waals surface area contributed by atoms with Crippen molar-refractivity contribution < 1.29 is 14.6 Å². The molecular weight excluding hydrogens is 291 g/mol. The van der Waals surface area contributed by atoms with E-state index in [-0.39, 0.29) is 11.8 Å². The summed E-state index contributed by atoms with van der Waals surface area (Å²) in [5.74, 6) is 2.75. The molecule has 0 saturated heterocycles. The standard InChI is InChI=1S/C20H29FO2/c21-19-13-4-2-1-3-11(13)12-6-5-10-9-16(22)20(23)15-8-7-14(19)18(12)17(10)15/h9,11-20,22-23H,1-8H2. The maximum absolute atomic E-state index is 15.4. The Morgan fingerprint density at radius 3 is 2.39 bits per heavy atom. The molecule has 10 unspecified atom stereocenters. The van der Waals surface area contributed by atoms with Gasteiger partial charge in [-0.25, -0.2) is 4.39 Å². The molecule has 2 nitrogen and oxygen atoms in total. The van der Waals surface area contributed by atoms with Gasteiger partial charge in [-0.05, 0) is 80.0 Å². The third-order valence-electron chi connectivity index (χ3n) is 8.31. The largest absolute Gasteiger partial charge is 0.390 e. The zero-order valence-corrected chi connectivity index (χ0v) is 13.8. The summed E-state index contributed by atoms with van der Waals surface area (Å²) in [6, 6.07) is 0. The average Bonchev–Trinajstić information content (AvgIpc) is 2.58. The van der Waals surface area contributed by atoms with Crippen molar-refractivity contribution in [1.29, 1.82) is 0 Å². The van der Waals surface area contributed by atoms with Crippen molar-refractivity contribution in [2.45, 2.75) is 69.7 Å². The minimum absolute atomic E-state index is 0.168. The Morgan fingerprint density at radius 1 is 0.826 bits per heavy atom. The van der Waals surface area contributed by atoms with E-state index in [2.05, 4.69) is 0 Å². The Bertz CT molecular complexity index is 518. The predicted molar refractivity (Wildman–Crippen MR) is 86.4 cm³/mol. The number of alkyl halides is 1. The van der Waals surface area contributed by atoms with Crippen LogP contribution in [0.5, 0.6) is 0 Å². The summed E-state index contributed by atoms with van der Waals surface area (Å²) in [5, 5.41) is 20.7. The lowest BCUT2D eigenvalue weighted by Crippen LogP contribution is -2.59. The second kappa shape index (κ2) is 5.29. The van der Waals surface area contributed by atoms with E-state index in [0.717, 1.165) is 25.7 Å². The number of halogens is 1. The summed E-state index contributed by atoms with van der Waals surface area (Å²) in [5.41, 5.74) is 1.35. The first-order chi connectivity index (χ1) is 11.2. The highest BCUT2D eigenvalue weighted by molar-refractivity contribution is 5.25. The van der Waals surface area contributed by atoms with E-state index in [1.807, 2.05) is 6.08 Å². The van der Waals surface area contributed by atoms with Gasteiger partial charge in [0.15, 0.2) is 0 Å². The molecule has 3 heteroatoms. The topological polar surface area (TPSA) is 40.5 Å². The van der Waals surface area contributed by atoms with E-state index >= 15 is 4.39 Å². The van der Waals surface area contributed by atoms with Crippen LogP contribution in [0, 0.1) is 41.4 Å². The van der Waals surface area contributed by atoms with Gasteiger partial charge in [0.05, 0.1) is 12.2 Å². The number of allylic oxidation sites excluding steroid dienone is 1. The Labute approximate surface area is 138 Å². The van der Waals surface area contributed by atoms with E-state index in [9.17, 15) is 10.2 Å². The molecule has 0 heterocycles. The van der Waals surface area contributed by atoms with Crippen molar-refractivity contribution in [3.63, 3.8) is 0 Å². The molecule has 0 spiro atoms. The van der Waals surface area contributed by atoms with Crippen LogP contribution in [0.25, 0.3) is 0 Å². The van der Waals surface area contributed by atoms with Gasteiger partial charge < -0.3 is 10.2 Å². The van der Waals surface area contributed by atoms with E-state index < -0.39 is 18.4 Å². The van der Waals surface area contributed by atoms with Gasteiger partial charge in [0, 0.05) is 0 Å². The van der Waals surface area contributed by atoms with Crippen LogP contribution in [0.4, 0.5) is 4.39 Å². The SMILES string of the molecule is OC1C=C2CCC3C4CCCCC4C(F)C4CCC(C1O)C2C43. The lowest BCUT2D eigenvalue weighted by molar-refractivity contribution is -0.142. The molecule has 0 amide bonds. The molecule has 0 aromatic carbocycles. The fraction of sp³-hybridized carbons (Fsp3) is 0.900. The van der Waals surface area contributed by atoms with Crippen molar-refractivity contribution in [1.82, 2.24) is 0 Å². The molecule has 0 radical (unpaired) electrons. The van der Waals surface area contributed by atoms with Crippen molar-refractivity contribution in [2.24, 2.45) is 41.4 Å². The first kappa shape index (κ1) is 14.9. The lowest BCUT2D eigenvalue weighted by atomic mass is 9.44. The second-order valence-electron chi connectivity index (χ2n) is 8.99. The maximum atomic E-state index is 15.4. The zero-order chi connectivity index (χ0) is 15.7. The van der Waals surface area contributed by atoms with Gasteiger partial charge in [0.1, 0.15) is 6.17 Å². The van der Waals surface area contributed by atoms with E-state index in [0.29, 0.717) is 29.6 Å². The molecule has 5 rings (SSSR count). The highest BCUT2D eigenvalue weighted by Gasteiger charge is 2.59. The summed E-state index contributed by atoms with van der Waals surface area (Å²) in [7, 11) is 0. The molecule has 4 saturated carbocycles. The second-order valence-corrected chi connectivity index (χ2v) is 8.99. The Hall–Kier alpha value is -0.410. The third kappa shape index (κ3) is 1.99. The van der Waals surface area contributed by atoms with Crippen LogP contribution in [0.2, 0.25) is 0 Å². The van der Waals surface area contributed by atoms with Crippen LogP contribution in [0.3, 0.4) is 0 Å². The molecule has 23 heavy (non-hydrogen) atoms. The lowest BCUT2D eigenvalue weighted by Gasteiger charge is -2.61. The highest BCUT2D eigenvalue weighted by Crippen LogP contribution is 2.63. The summed E-state index contributed by atoms with van der Waals surface area (Å²) >= 11 is 0. The van der Waals surface area contributed by atoms with Crippen molar-refractivity contribution in [3.05, 3.63) is 11.6 Å². The minimum atomic E-state index is -0.702. The first-order valence-corrected chi connectivity index (χ1v) is 9.87. The van der Waals surface area contributed by atoms with Gasteiger partial charge in [0.2, 0.25) is 0 Å². The summed E-state index contributed by atoms with van der Waals surface area (Å²) in [4.78, 5) is 0. The van der Waals surface area contributed by atoms with Gasteiger partial charge >= 0.3 is 0 Å². The monoisotopic (exact) mass is 320 g/mol. The minimum Gasteiger partial charge on any atom is -0.390 e. The molecule has 10 atom stereocenters. The van der Waals surface area contributed by atoms with Crippen molar-refractivity contribution >= 4 is 0 Å². The molecular formula is C20H29FO2. The molecule has 5 aliphatic carbocycles. The average molecular weight is 320 g/mol. The number of aliphatic hydroxyl groups is 2. The molecule has 5 aliphatic rings. The molecule has 4 fully saturated rings. The van der Waals surface area contributed by atoms with Gasteiger partial charge in [-0.15, -0.1) is 0 Å². The van der Waals surface area contributed by atoms with Gasteiger partial charge in [-0.1, -0.05) is 24.5 Å². The number of rotatable bonds is 0. The summed E-state index contributed by atoms with van der Waals surface area (Å²) in [6.45, 7) is 0. The Morgan fingerprint density at radius 2 is 1.57 bits per heavy atom. The normalized spacial score (nSPS) is 58.0. The Balaban J connectivity index is 1.55. The van der Waals surface area contributed by atoms with Gasteiger partial charge in [-0.2, -0.15) is 0 Å². The predicted octanol–water partition coefficient (Wildman–Crippen LogP) is 3.47. The quantitative estimate of drug-likeness (QED) is 0.671. The Kier molecular flexibility index (Phi) is 3.43. The molecule has 0 aliphatic heterocycles.